The number of imidazole rings is 1. The Kier molecular flexibility index (Phi) is 8.15. The van der Waals surface area contributed by atoms with Crippen molar-refractivity contribution in [1.29, 1.82) is 0 Å². The third-order valence-electron chi connectivity index (χ3n) is 5.62. The number of nitrogens with zero attached hydrogens (tertiary/aromatic N) is 3. The van der Waals surface area contributed by atoms with E-state index in [1.54, 1.807) is 15.5 Å². The summed E-state index contributed by atoms with van der Waals surface area (Å²) in [4.78, 5) is 19.1. The Hall–Kier alpha value is -3.00. The molecule has 35 heavy (non-hydrogen) atoms. The van der Waals surface area contributed by atoms with Crippen LogP contribution in [0.1, 0.15) is 57.9 Å². The predicted octanol–water partition coefficient (Wildman–Crippen LogP) is 5.22. The molecule has 0 aliphatic carbocycles. The van der Waals surface area contributed by atoms with Crippen LogP contribution in [0.2, 0.25) is 0 Å². The largest absolute Gasteiger partial charge is 0.334 e. The molecular formula is C27H34FN3O3S. The molecule has 0 bridgehead atoms. The molecule has 6 nitrogen and oxygen atoms in total. The van der Waals surface area contributed by atoms with Gasteiger partial charge in [-0.05, 0) is 30.9 Å². The van der Waals surface area contributed by atoms with Crippen molar-refractivity contribution in [2.75, 3.05) is 0 Å². The average molecular weight is 500 g/mol. The van der Waals surface area contributed by atoms with E-state index in [2.05, 4.69) is 4.98 Å². The van der Waals surface area contributed by atoms with Gasteiger partial charge in [0.15, 0.2) is 0 Å². The van der Waals surface area contributed by atoms with Crippen LogP contribution in [0.15, 0.2) is 66.0 Å². The highest BCUT2D eigenvalue weighted by Gasteiger charge is 2.28. The fraction of sp³-hybridized carbons (Fsp3) is 0.407. The van der Waals surface area contributed by atoms with Crippen LogP contribution in [0.4, 0.5) is 4.39 Å². The number of halogens is 1. The van der Waals surface area contributed by atoms with Crippen LogP contribution in [0.25, 0.3) is 0 Å². The van der Waals surface area contributed by atoms with E-state index in [0.29, 0.717) is 12.1 Å². The summed E-state index contributed by atoms with van der Waals surface area (Å²) in [5.74, 6) is -1.08. The van der Waals surface area contributed by atoms with Gasteiger partial charge in [-0.3, -0.25) is 4.79 Å². The summed E-state index contributed by atoms with van der Waals surface area (Å²) in [5.41, 5.74) is 1.42. The molecule has 0 spiro atoms. The number of hydrogen-bond acceptors (Lipinski definition) is 4. The van der Waals surface area contributed by atoms with E-state index in [9.17, 15) is 17.6 Å². The fourth-order valence-corrected chi connectivity index (χ4v) is 5.38. The van der Waals surface area contributed by atoms with E-state index in [0.717, 1.165) is 5.56 Å². The third-order valence-corrected chi connectivity index (χ3v) is 7.20. The number of aromatic nitrogens is 2. The molecule has 0 N–H and O–H groups in total. The van der Waals surface area contributed by atoms with Crippen LogP contribution in [0.5, 0.6) is 0 Å². The SMILES string of the molecule is CC(C)N(Cc1cnc(S(=O)(=O)Cc2ccccc2F)n1Cc1ccccc1)C(=O)CC(C)(C)C. The zero-order valence-electron chi connectivity index (χ0n) is 21.0. The Morgan fingerprint density at radius 3 is 2.29 bits per heavy atom. The van der Waals surface area contributed by atoms with Crippen LogP contribution in [0, 0.1) is 11.2 Å². The molecule has 0 aliphatic heterocycles. The Balaban J connectivity index is 2.02. The summed E-state index contributed by atoms with van der Waals surface area (Å²) < 4.78 is 42.6. The standard InChI is InChI=1S/C27H34FN3O3S/c1-20(2)30(25(32)15-27(3,4)5)18-23-16-29-26(31(23)17-21-11-7-6-8-12-21)35(33,34)19-22-13-9-10-14-24(22)28/h6-14,16,20H,15,17-19H2,1-5H3. The Morgan fingerprint density at radius 2 is 1.69 bits per heavy atom. The van der Waals surface area contributed by atoms with E-state index in [1.807, 2.05) is 65.0 Å². The van der Waals surface area contributed by atoms with Gasteiger partial charge < -0.3 is 9.47 Å². The number of carbonyl (C=O) groups excluding carboxylic acids is 1. The first-order valence-corrected chi connectivity index (χ1v) is 13.4. The predicted molar refractivity (Wildman–Crippen MR) is 135 cm³/mol. The highest BCUT2D eigenvalue weighted by molar-refractivity contribution is 7.90. The van der Waals surface area contributed by atoms with Gasteiger partial charge in [0.25, 0.3) is 0 Å². The molecule has 0 saturated heterocycles. The van der Waals surface area contributed by atoms with Crippen LogP contribution < -0.4 is 0 Å². The first-order chi connectivity index (χ1) is 16.4. The number of rotatable bonds is 9. The van der Waals surface area contributed by atoms with Crippen molar-refractivity contribution in [1.82, 2.24) is 14.5 Å². The van der Waals surface area contributed by atoms with Crippen LogP contribution >= 0.6 is 0 Å². The molecule has 188 valence electrons. The third kappa shape index (κ3) is 7.01. The lowest BCUT2D eigenvalue weighted by Crippen LogP contribution is -2.38. The zero-order valence-corrected chi connectivity index (χ0v) is 21.8. The van der Waals surface area contributed by atoms with E-state index >= 15 is 0 Å². The molecule has 1 aromatic heterocycles. The zero-order chi connectivity index (χ0) is 25.8. The first kappa shape index (κ1) is 26.6. The number of benzene rings is 2. The van der Waals surface area contributed by atoms with Crippen molar-refractivity contribution < 1.29 is 17.6 Å². The summed E-state index contributed by atoms with van der Waals surface area (Å²) in [7, 11) is -3.96. The van der Waals surface area contributed by atoms with Crippen molar-refractivity contribution in [2.24, 2.45) is 5.41 Å². The van der Waals surface area contributed by atoms with Gasteiger partial charge in [0.2, 0.25) is 20.9 Å². The first-order valence-electron chi connectivity index (χ1n) is 11.7. The highest BCUT2D eigenvalue weighted by Crippen LogP contribution is 2.24. The molecule has 0 saturated carbocycles. The lowest BCUT2D eigenvalue weighted by atomic mass is 9.91. The van der Waals surface area contributed by atoms with E-state index in [1.165, 1.54) is 24.4 Å². The quantitative estimate of drug-likeness (QED) is 0.405. The summed E-state index contributed by atoms with van der Waals surface area (Å²) in [6.45, 7) is 10.4. The molecule has 2 aromatic carbocycles. The maximum atomic E-state index is 14.2. The smallest absolute Gasteiger partial charge is 0.228 e. The molecule has 3 aromatic rings. The van der Waals surface area contributed by atoms with Gasteiger partial charge in [-0.1, -0.05) is 69.3 Å². The lowest BCUT2D eigenvalue weighted by molar-refractivity contribution is -0.135. The second-order valence-electron chi connectivity index (χ2n) is 10.3. The van der Waals surface area contributed by atoms with Crippen LogP contribution in [-0.2, 0) is 33.5 Å². The molecule has 0 unspecified atom stereocenters. The molecule has 0 fully saturated rings. The highest BCUT2D eigenvalue weighted by atomic mass is 32.2. The van der Waals surface area contributed by atoms with Crippen molar-refractivity contribution in [2.45, 2.75) is 71.1 Å². The fourth-order valence-electron chi connectivity index (χ4n) is 3.87. The topological polar surface area (TPSA) is 72.3 Å². The Bertz CT molecular complexity index is 1260. The minimum Gasteiger partial charge on any atom is -0.334 e. The van der Waals surface area contributed by atoms with Gasteiger partial charge in [0, 0.05) is 18.0 Å². The summed E-state index contributed by atoms with van der Waals surface area (Å²) in [6, 6.07) is 15.2. The van der Waals surface area contributed by atoms with Crippen molar-refractivity contribution in [3.05, 3.63) is 83.4 Å². The van der Waals surface area contributed by atoms with Gasteiger partial charge in [-0.2, -0.15) is 0 Å². The van der Waals surface area contributed by atoms with E-state index in [4.69, 9.17) is 0 Å². The van der Waals surface area contributed by atoms with Crippen molar-refractivity contribution >= 4 is 15.7 Å². The minimum atomic E-state index is -3.96. The number of hydrogen-bond donors (Lipinski definition) is 0. The molecule has 8 heteroatoms. The van der Waals surface area contributed by atoms with E-state index in [-0.39, 0.29) is 41.2 Å². The lowest BCUT2D eigenvalue weighted by Gasteiger charge is -2.30. The van der Waals surface area contributed by atoms with Crippen molar-refractivity contribution in [3.63, 3.8) is 0 Å². The molecular weight excluding hydrogens is 465 g/mol. The van der Waals surface area contributed by atoms with Gasteiger partial charge >= 0.3 is 0 Å². The monoisotopic (exact) mass is 499 g/mol. The van der Waals surface area contributed by atoms with Gasteiger partial charge in [0.1, 0.15) is 5.82 Å². The maximum absolute atomic E-state index is 14.2. The average Bonchev–Trinajstić information content (AvgIpc) is 3.16. The summed E-state index contributed by atoms with van der Waals surface area (Å²) in [6.07, 6.45) is 1.88. The van der Waals surface area contributed by atoms with Gasteiger partial charge in [-0.25, -0.2) is 17.8 Å². The minimum absolute atomic E-state index is 0.00396. The normalized spacial score (nSPS) is 12.2. The van der Waals surface area contributed by atoms with Gasteiger partial charge in [-0.15, -0.1) is 0 Å². The van der Waals surface area contributed by atoms with Gasteiger partial charge in [0.05, 0.1) is 30.7 Å². The summed E-state index contributed by atoms with van der Waals surface area (Å²) in [5, 5.41) is -0.133. The Morgan fingerprint density at radius 1 is 1.06 bits per heavy atom. The molecule has 0 radical (unpaired) electrons. The molecule has 3 rings (SSSR count). The summed E-state index contributed by atoms with van der Waals surface area (Å²) >= 11 is 0. The number of amides is 1. The molecule has 0 aliphatic rings. The second-order valence-corrected chi connectivity index (χ2v) is 12.2. The number of carbonyl (C=O) groups is 1. The second kappa shape index (κ2) is 10.7. The molecule has 1 amide bonds. The number of sulfone groups is 1. The molecule has 0 atom stereocenters. The molecule has 1 heterocycles. The Labute approximate surface area is 207 Å². The van der Waals surface area contributed by atoms with Crippen LogP contribution in [-0.4, -0.2) is 34.8 Å². The van der Waals surface area contributed by atoms with Crippen LogP contribution in [0.3, 0.4) is 0 Å². The van der Waals surface area contributed by atoms with Crippen molar-refractivity contribution in [3.8, 4) is 0 Å². The van der Waals surface area contributed by atoms with E-state index < -0.39 is 21.4 Å². The maximum Gasteiger partial charge on any atom is 0.228 e.